The van der Waals surface area contributed by atoms with Crippen LogP contribution >= 0.6 is 11.6 Å². The van der Waals surface area contributed by atoms with Crippen molar-refractivity contribution < 1.29 is 37.0 Å². The summed E-state index contributed by atoms with van der Waals surface area (Å²) < 4.78 is 50.4. The third-order valence-electron chi connectivity index (χ3n) is 7.78. The minimum Gasteiger partial charge on any atom is -0.462 e. The number of benzene rings is 3. The summed E-state index contributed by atoms with van der Waals surface area (Å²) in [4.78, 5) is 27.8. The molecule has 1 N–H and O–H groups in total. The van der Waals surface area contributed by atoms with Gasteiger partial charge in [0.25, 0.3) is 0 Å². The molecule has 0 saturated carbocycles. The molecule has 3 aromatic carbocycles. The molecule has 1 saturated heterocycles. The van der Waals surface area contributed by atoms with Crippen molar-refractivity contribution in [3.05, 3.63) is 88.4 Å². The monoisotopic (exact) mass is 714 g/mol. The van der Waals surface area contributed by atoms with Gasteiger partial charge in [-0.1, -0.05) is 35.9 Å². The molecule has 3 aromatic rings. The summed E-state index contributed by atoms with van der Waals surface area (Å²) in [7, 11) is -3.95. The van der Waals surface area contributed by atoms with Crippen molar-refractivity contribution in [1.29, 1.82) is 0 Å². The second-order valence-electron chi connectivity index (χ2n) is 12.8. The number of amides is 1. The van der Waals surface area contributed by atoms with Gasteiger partial charge in [-0.25, -0.2) is 18.0 Å². The average molecular weight is 715 g/mol. The Morgan fingerprint density at radius 2 is 1.76 bits per heavy atom. The van der Waals surface area contributed by atoms with Crippen molar-refractivity contribution in [2.24, 2.45) is 0 Å². The van der Waals surface area contributed by atoms with E-state index in [0.29, 0.717) is 30.3 Å². The van der Waals surface area contributed by atoms with E-state index in [1.165, 1.54) is 24.3 Å². The van der Waals surface area contributed by atoms with E-state index in [1.807, 2.05) is 45.9 Å². The first kappa shape index (κ1) is 38.2. The minimum absolute atomic E-state index is 0.0185. The van der Waals surface area contributed by atoms with Gasteiger partial charge in [0, 0.05) is 30.4 Å². The Kier molecular flexibility index (Phi) is 13.5. The molecular weight excluding hydrogens is 668 g/mol. The van der Waals surface area contributed by atoms with E-state index in [1.54, 1.807) is 36.1 Å². The fourth-order valence-corrected chi connectivity index (χ4v) is 6.85. The number of halogens is 1. The molecule has 0 bridgehead atoms. The highest BCUT2D eigenvalue weighted by Crippen LogP contribution is 2.29. The number of ether oxygens (including phenoxy) is 4. The Morgan fingerprint density at radius 1 is 1.02 bits per heavy atom. The minimum atomic E-state index is -3.95. The molecule has 1 aliphatic rings. The molecule has 1 unspecified atom stereocenters. The molecule has 266 valence electrons. The fraction of sp³-hybridized carbons (Fsp3) is 0.459. The van der Waals surface area contributed by atoms with E-state index < -0.39 is 39.9 Å². The number of hydrogen-bond donors (Lipinski definition) is 1. The number of carbonyl (C=O) groups is 2. The van der Waals surface area contributed by atoms with E-state index in [2.05, 4.69) is 5.32 Å². The van der Waals surface area contributed by atoms with Gasteiger partial charge in [0.05, 0.1) is 28.5 Å². The number of anilines is 1. The Morgan fingerprint density at radius 3 is 2.39 bits per heavy atom. The van der Waals surface area contributed by atoms with Crippen LogP contribution in [0, 0.1) is 0 Å². The molecule has 12 heteroatoms. The van der Waals surface area contributed by atoms with Crippen molar-refractivity contribution >= 4 is 39.2 Å². The highest BCUT2D eigenvalue weighted by atomic mass is 35.5. The zero-order valence-corrected chi connectivity index (χ0v) is 30.4. The Hall–Kier alpha value is -3.64. The normalized spacial score (nSPS) is 15.7. The standard InChI is InChI=1S/C37H47ClN2O8S/c1-6-39-32-19-18-30(24-31(32)35(41)45-7-2)49(43,44)29-16-14-26(15-17-29)20-21-40(36(42)48-37(3,4)5)25-33(27-11-10-12-28(38)23-27)47-34-13-8-9-22-46-34/h10-12,14-19,23-24,33-34,39H,6-9,13,20-22,25H2,1-5H3/t33-,34?/m1/s1. The van der Waals surface area contributed by atoms with Gasteiger partial charge in [0.2, 0.25) is 9.84 Å². The Labute approximate surface area is 294 Å². The SMILES string of the molecule is CCNc1ccc(S(=O)(=O)c2ccc(CCN(C[C@@H](OC3CCCCO3)c3cccc(Cl)c3)C(=O)OC(C)(C)C)cc2)cc1C(=O)OCC. The first-order chi connectivity index (χ1) is 23.3. The van der Waals surface area contributed by atoms with Crippen LogP contribution in [-0.4, -0.2) is 70.1 Å². The van der Waals surface area contributed by atoms with Crippen molar-refractivity contribution in [1.82, 2.24) is 4.90 Å². The molecule has 1 aliphatic heterocycles. The van der Waals surface area contributed by atoms with Gasteiger partial charge in [-0.3, -0.25) is 0 Å². The number of nitrogens with one attached hydrogen (secondary N) is 1. The highest BCUT2D eigenvalue weighted by Gasteiger charge is 2.29. The Balaban J connectivity index is 1.55. The number of hydrogen-bond acceptors (Lipinski definition) is 9. The summed E-state index contributed by atoms with van der Waals surface area (Å²) in [5.74, 6) is -0.602. The van der Waals surface area contributed by atoms with Gasteiger partial charge >= 0.3 is 12.1 Å². The van der Waals surface area contributed by atoms with Gasteiger partial charge < -0.3 is 29.2 Å². The van der Waals surface area contributed by atoms with Gasteiger partial charge in [-0.2, -0.15) is 0 Å². The van der Waals surface area contributed by atoms with Crippen molar-refractivity contribution in [2.45, 2.75) is 88.1 Å². The van der Waals surface area contributed by atoms with Crippen LogP contribution in [0.3, 0.4) is 0 Å². The number of carbonyl (C=O) groups excluding carboxylic acids is 2. The summed E-state index contributed by atoms with van der Waals surface area (Å²) in [5, 5.41) is 3.63. The molecule has 1 fully saturated rings. The van der Waals surface area contributed by atoms with Gasteiger partial charge in [-0.05, 0) is 114 Å². The zero-order valence-electron chi connectivity index (χ0n) is 28.9. The van der Waals surface area contributed by atoms with Crippen LogP contribution in [0.2, 0.25) is 5.02 Å². The lowest BCUT2D eigenvalue weighted by atomic mass is 10.1. The first-order valence-corrected chi connectivity index (χ1v) is 18.6. The molecule has 4 rings (SSSR count). The third-order valence-corrected chi connectivity index (χ3v) is 9.78. The summed E-state index contributed by atoms with van der Waals surface area (Å²) in [5.41, 5.74) is 1.56. The fourth-order valence-electron chi connectivity index (χ4n) is 5.37. The van der Waals surface area contributed by atoms with Gasteiger partial charge in [-0.15, -0.1) is 0 Å². The maximum atomic E-state index is 13.6. The molecule has 49 heavy (non-hydrogen) atoms. The molecule has 0 radical (unpaired) electrons. The molecule has 1 amide bonds. The van der Waals surface area contributed by atoms with Crippen LogP contribution in [0.15, 0.2) is 76.5 Å². The van der Waals surface area contributed by atoms with Crippen molar-refractivity contribution in [3.8, 4) is 0 Å². The molecule has 2 atom stereocenters. The second kappa shape index (κ2) is 17.3. The molecule has 1 heterocycles. The summed E-state index contributed by atoms with van der Waals surface area (Å²) in [6, 6.07) is 18.3. The summed E-state index contributed by atoms with van der Waals surface area (Å²) in [6.45, 7) is 10.8. The predicted molar refractivity (Wildman–Crippen MR) is 189 cm³/mol. The lowest BCUT2D eigenvalue weighted by Gasteiger charge is -2.33. The number of rotatable bonds is 14. The molecule has 0 spiro atoms. The van der Waals surface area contributed by atoms with E-state index >= 15 is 0 Å². The first-order valence-electron chi connectivity index (χ1n) is 16.7. The maximum Gasteiger partial charge on any atom is 0.410 e. The van der Waals surface area contributed by atoms with Crippen LogP contribution < -0.4 is 5.32 Å². The van der Waals surface area contributed by atoms with Crippen LogP contribution in [0.5, 0.6) is 0 Å². The lowest BCUT2D eigenvalue weighted by molar-refractivity contribution is -0.192. The summed E-state index contributed by atoms with van der Waals surface area (Å²) >= 11 is 6.34. The largest absolute Gasteiger partial charge is 0.462 e. The topological polar surface area (TPSA) is 120 Å². The van der Waals surface area contributed by atoms with Crippen molar-refractivity contribution in [2.75, 3.05) is 38.2 Å². The average Bonchev–Trinajstić information content (AvgIpc) is 3.06. The number of nitrogens with zero attached hydrogens (tertiary/aromatic N) is 1. The lowest BCUT2D eigenvalue weighted by Crippen LogP contribution is -2.41. The molecule has 10 nitrogen and oxygen atoms in total. The zero-order chi connectivity index (χ0) is 35.6. The van der Waals surface area contributed by atoms with Gasteiger partial charge in [0.15, 0.2) is 6.29 Å². The quantitative estimate of drug-likeness (QED) is 0.167. The molecule has 0 aliphatic carbocycles. The predicted octanol–water partition coefficient (Wildman–Crippen LogP) is 7.85. The molecular formula is C37H47ClN2O8S. The van der Waals surface area contributed by atoms with E-state index in [9.17, 15) is 18.0 Å². The van der Waals surface area contributed by atoms with E-state index in [0.717, 1.165) is 30.4 Å². The van der Waals surface area contributed by atoms with Crippen LogP contribution in [0.1, 0.15) is 81.5 Å². The van der Waals surface area contributed by atoms with Crippen LogP contribution in [0.4, 0.5) is 10.5 Å². The van der Waals surface area contributed by atoms with Crippen LogP contribution in [-0.2, 0) is 35.2 Å². The van der Waals surface area contributed by atoms with Gasteiger partial charge in [0.1, 0.15) is 11.7 Å². The van der Waals surface area contributed by atoms with E-state index in [4.69, 9.17) is 30.5 Å². The second-order valence-corrected chi connectivity index (χ2v) is 15.1. The maximum absolute atomic E-state index is 13.6. The highest BCUT2D eigenvalue weighted by molar-refractivity contribution is 7.91. The van der Waals surface area contributed by atoms with Crippen molar-refractivity contribution in [3.63, 3.8) is 0 Å². The number of esters is 1. The smallest absolute Gasteiger partial charge is 0.410 e. The number of sulfone groups is 1. The van der Waals surface area contributed by atoms with Crippen LogP contribution in [0.25, 0.3) is 0 Å². The summed E-state index contributed by atoms with van der Waals surface area (Å²) in [6.07, 6.45) is 1.71. The Bertz CT molecular complexity index is 1670. The molecule has 0 aromatic heterocycles. The third kappa shape index (κ3) is 10.9. The van der Waals surface area contributed by atoms with E-state index in [-0.39, 0.29) is 35.1 Å².